The minimum atomic E-state index is -0.399. The van der Waals surface area contributed by atoms with Crippen molar-refractivity contribution >= 4 is 29.2 Å². The predicted octanol–water partition coefficient (Wildman–Crippen LogP) is 1.42. The van der Waals surface area contributed by atoms with Gasteiger partial charge in [0.1, 0.15) is 11.5 Å². The number of nitrogens with zero attached hydrogens (tertiary/aromatic N) is 1. The Hall–Kier alpha value is -1.82. The Balaban J connectivity index is 2.53. The van der Waals surface area contributed by atoms with Crippen LogP contribution in [0.3, 0.4) is 0 Å². The molecule has 0 atom stereocenters. The lowest BCUT2D eigenvalue weighted by atomic mass is 10.3. The van der Waals surface area contributed by atoms with E-state index in [4.69, 9.17) is 11.6 Å². The molecule has 0 aliphatic heterocycles. The molecule has 0 spiro atoms. The first-order valence-corrected chi connectivity index (χ1v) is 6.73. The Morgan fingerprint density at radius 1 is 1.35 bits per heavy atom. The van der Waals surface area contributed by atoms with Crippen LogP contribution in [0.2, 0.25) is 5.02 Å². The molecule has 0 saturated heterocycles. The molecule has 3 N–H and O–H groups in total. The van der Waals surface area contributed by atoms with Gasteiger partial charge < -0.3 is 16.0 Å². The zero-order valence-corrected chi connectivity index (χ0v) is 12.5. The summed E-state index contributed by atoms with van der Waals surface area (Å²) in [4.78, 5) is 27.4. The number of aromatic nitrogens is 1. The minimum absolute atomic E-state index is 0.0848. The van der Waals surface area contributed by atoms with Crippen LogP contribution < -0.4 is 16.0 Å². The van der Waals surface area contributed by atoms with Crippen molar-refractivity contribution in [2.75, 3.05) is 18.9 Å². The first-order valence-electron chi connectivity index (χ1n) is 6.36. The smallest absolute Gasteiger partial charge is 0.271 e. The monoisotopic (exact) mass is 298 g/mol. The highest BCUT2D eigenvalue weighted by molar-refractivity contribution is 6.33. The van der Waals surface area contributed by atoms with Gasteiger partial charge in [-0.15, -0.1) is 0 Å². The van der Waals surface area contributed by atoms with E-state index in [2.05, 4.69) is 20.9 Å². The second-order valence-corrected chi connectivity index (χ2v) is 4.91. The fourth-order valence-corrected chi connectivity index (χ4v) is 1.70. The molecule has 0 aliphatic rings. The molecule has 0 aliphatic carbocycles. The molecule has 0 unspecified atom stereocenters. The Kier molecular flexibility index (Phi) is 6.24. The summed E-state index contributed by atoms with van der Waals surface area (Å²) in [5.41, 5.74) is 0.141. The lowest BCUT2D eigenvalue weighted by Crippen LogP contribution is -2.34. The molecule has 0 saturated carbocycles. The third-order valence-corrected chi connectivity index (χ3v) is 2.71. The normalized spacial score (nSPS) is 10.2. The number of amides is 2. The summed E-state index contributed by atoms with van der Waals surface area (Å²) in [6, 6.07) is 3.36. The highest BCUT2D eigenvalue weighted by atomic mass is 35.5. The first-order chi connectivity index (χ1) is 9.43. The third-order valence-electron chi connectivity index (χ3n) is 2.40. The van der Waals surface area contributed by atoms with E-state index < -0.39 is 5.91 Å². The summed E-state index contributed by atoms with van der Waals surface area (Å²) >= 11 is 5.93. The van der Waals surface area contributed by atoms with Gasteiger partial charge in [0.2, 0.25) is 5.91 Å². The maximum Gasteiger partial charge on any atom is 0.271 e. The fourth-order valence-electron chi connectivity index (χ4n) is 1.51. The number of hydrogen-bond acceptors (Lipinski definition) is 4. The maximum atomic E-state index is 11.9. The van der Waals surface area contributed by atoms with Crippen molar-refractivity contribution in [2.45, 2.75) is 26.3 Å². The van der Waals surface area contributed by atoms with E-state index in [-0.39, 0.29) is 35.6 Å². The van der Waals surface area contributed by atoms with Crippen LogP contribution in [-0.2, 0) is 4.79 Å². The molecule has 7 heteroatoms. The predicted molar refractivity (Wildman–Crippen MR) is 79.0 cm³/mol. The number of carbonyl (C=O) groups is 2. The van der Waals surface area contributed by atoms with E-state index in [1.807, 2.05) is 13.8 Å². The van der Waals surface area contributed by atoms with Gasteiger partial charge in [-0.1, -0.05) is 11.6 Å². The Morgan fingerprint density at radius 2 is 2.05 bits per heavy atom. The van der Waals surface area contributed by atoms with Crippen LogP contribution in [0.4, 0.5) is 5.82 Å². The molecule has 0 bridgehead atoms. The van der Waals surface area contributed by atoms with Gasteiger partial charge >= 0.3 is 0 Å². The number of hydrogen-bond donors (Lipinski definition) is 3. The van der Waals surface area contributed by atoms with Gasteiger partial charge in [-0.25, -0.2) is 4.98 Å². The number of anilines is 1. The van der Waals surface area contributed by atoms with Crippen molar-refractivity contribution in [2.24, 2.45) is 0 Å². The number of nitrogens with one attached hydrogen (secondary N) is 3. The van der Waals surface area contributed by atoms with Gasteiger partial charge in [0, 0.05) is 26.1 Å². The van der Waals surface area contributed by atoms with E-state index in [1.165, 1.54) is 0 Å². The van der Waals surface area contributed by atoms with E-state index in [0.717, 1.165) is 0 Å². The van der Waals surface area contributed by atoms with Gasteiger partial charge in [-0.05, 0) is 26.0 Å². The van der Waals surface area contributed by atoms with Crippen molar-refractivity contribution < 1.29 is 9.59 Å². The largest absolute Gasteiger partial charge is 0.373 e. The fraction of sp³-hybridized carbons (Fsp3) is 0.462. The van der Waals surface area contributed by atoms with Crippen molar-refractivity contribution in [3.63, 3.8) is 0 Å². The van der Waals surface area contributed by atoms with E-state index in [1.54, 1.807) is 19.2 Å². The highest BCUT2D eigenvalue weighted by Crippen LogP contribution is 2.16. The van der Waals surface area contributed by atoms with Crippen LogP contribution in [0.25, 0.3) is 0 Å². The molecule has 0 fully saturated rings. The van der Waals surface area contributed by atoms with Gasteiger partial charge in [0.15, 0.2) is 0 Å². The van der Waals surface area contributed by atoms with Crippen molar-refractivity contribution in [1.82, 2.24) is 15.6 Å². The summed E-state index contributed by atoms with van der Waals surface area (Å²) in [5.74, 6) is 0.0462. The number of rotatable bonds is 6. The summed E-state index contributed by atoms with van der Waals surface area (Å²) in [6.07, 6.45) is 0.216. The highest BCUT2D eigenvalue weighted by Gasteiger charge is 2.13. The minimum Gasteiger partial charge on any atom is -0.373 e. The quantitative estimate of drug-likeness (QED) is 0.742. The molecule has 0 radical (unpaired) electrons. The molecule has 6 nitrogen and oxygen atoms in total. The number of carbonyl (C=O) groups excluding carboxylic acids is 2. The Labute approximate surface area is 123 Å². The van der Waals surface area contributed by atoms with Gasteiger partial charge in [-0.2, -0.15) is 0 Å². The molecule has 2 amide bonds. The summed E-state index contributed by atoms with van der Waals surface area (Å²) < 4.78 is 0. The first kappa shape index (κ1) is 16.2. The second kappa shape index (κ2) is 7.69. The third kappa shape index (κ3) is 5.05. The van der Waals surface area contributed by atoms with Crippen LogP contribution in [0, 0.1) is 0 Å². The van der Waals surface area contributed by atoms with Crippen LogP contribution in [0.1, 0.15) is 30.8 Å². The summed E-state index contributed by atoms with van der Waals surface area (Å²) in [7, 11) is 1.70. The molecule has 0 aromatic carbocycles. The topological polar surface area (TPSA) is 83.1 Å². The standard InChI is InChI=1S/C13H19ClN4O2/c1-8(2)17-11(19)6-7-16-13(20)12-9(14)4-5-10(15-3)18-12/h4-5,8H,6-7H2,1-3H3,(H,15,18)(H,16,20)(H,17,19). The zero-order chi connectivity index (χ0) is 15.1. The van der Waals surface area contributed by atoms with Gasteiger partial charge in [0.25, 0.3) is 5.91 Å². The summed E-state index contributed by atoms with van der Waals surface area (Å²) in [5, 5.41) is 8.47. The molecule has 1 aromatic rings. The van der Waals surface area contributed by atoms with Crippen LogP contribution >= 0.6 is 11.6 Å². The molecule has 1 aromatic heterocycles. The van der Waals surface area contributed by atoms with E-state index in [0.29, 0.717) is 5.82 Å². The molecule has 1 heterocycles. The molecule has 110 valence electrons. The molecular weight excluding hydrogens is 280 g/mol. The molecular formula is C13H19ClN4O2. The van der Waals surface area contributed by atoms with Crippen LogP contribution in [0.15, 0.2) is 12.1 Å². The number of halogens is 1. The lowest BCUT2D eigenvalue weighted by Gasteiger charge is -2.09. The average molecular weight is 299 g/mol. The van der Waals surface area contributed by atoms with Crippen LogP contribution in [-0.4, -0.2) is 36.4 Å². The van der Waals surface area contributed by atoms with Crippen molar-refractivity contribution in [3.8, 4) is 0 Å². The van der Waals surface area contributed by atoms with Gasteiger partial charge in [-0.3, -0.25) is 9.59 Å². The van der Waals surface area contributed by atoms with E-state index in [9.17, 15) is 9.59 Å². The van der Waals surface area contributed by atoms with Crippen molar-refractivity contribution in [3.05, 3.63) is 22.8 Å². The molecule has 1 rings (SSSR count). The number of pyridine rings is 1. The van der Waals surface area contributed by atoms with Crippen molar-refractivity contribution in [1.29, 1.82) is 0 Å². The second-order valence-electron chi connectivity index (χ2n) is 4.51. The van der Waals surface area contributed by atoms with Crippen LogP contribution in [0.5, 0.6) is 0 Å². The maximum absolute atomic E-state index is 11.9. The summed E-state index contributed by atoms with van der Waals surface area (Å²) in [6.45, 7) is 3.99. The Bertz CT molecular complexity index is 491. The zero-order valence-electron chi connectivity index (χ0n) is 11.8. The Morgan fingerprint density at radius 3 is 2.65 bits per heavy atom. The SMILES string of the molecule is CNc1ccc(Cl)c(C(=O)NCCC(=O)NC(C)C)n1. The van der Waals surface area contributed by atoms with E-state index >= 15 is 0 Å². The average Bonchev–Trinajstić information content (AvgIpc) is 2.38. The van der Waals surface area contributed by atoms with Gasteiger partial charge in [0.05, 0.1) is 5.02 Å². The lowest BCUT2D eigenvalue weighted by molar-refractivity contribution is -0.121. The molecule has 20 heavy (non-hydrogen) atoms.